The zero-order valence-corrected chi connectivity index (χ0v) is 20.9. The second-order valence-corrected chi connectivity index (χ2v) is 8.00. The van der Waals surface area contributed by atoms with Crippen molar-refractivity contribution in [3.63, 3.8) is 0 Å². The SMILES string of the molecule is CN=C(NCc1cccc(OCC(=O)N(C)C)c1)NCC1(c2ccccc2)CCC1.I. The lowest BCUT2D eigenvalue weighted by molar-refractivity contribution is -0.130. The van der Waals surface area contributed by atoms with Gasteiger partial charge in [-0.25, -0.2) is 0 Å². The number of carbonyl (C=O) groups is 1. The third-order valence-corrected chi connectivity index (χ3v) is 5.73. The smallest absolute Gasteiger partial charge is 0.259 e. The van der Waals surface area contributed by atoms with Crippen molar-refractivity contribution in [2.45, 2.75) is 31.2 Å². The molecule has 168 valence electrons. The first-order chi connectivity index (χ1) is 14.5. The van der Waals surface area contributed by atoms with Gasteiger partial charge in [0.15, 0.2) is 12.6 Å². The zero-order valence-electron chi connectivity index (χ0n) is 18.6. The van der Waals surface area contributed by atoms with E-state index in [0.717, 1.165) is 18.1 Å². The van der Waals surface area contributed by atoms with Crippen molar-refractivity contribution in [3.8, 4) is 5.75 Å². The minimum Gasteiger partial charge on any atom is -0.484 e. The maximum atomic E-state index is 11.7. The molecule has 2 aromatic rings. The third-order valence-electron chi connectivity index (χ3n) is 5.73. The van der Waals surface area contributed by atoms with E-state index in [4.69, 9.17) is 4.74 Å². The molecular formula is C24H33IN4O2. The van der Waals surface area contributed by atoms with Gasteiger partial charge in [-0.15, -0.1) is 24.0 Å². The van der Waals surface area contributed by atoms with Crippen molar-refractivity contribution in [3.05, 3.63) is 65.7 Å². The number of guanidine groups is 1. The largest absolute Gasteiger partial charge is 0.484 e. The molecule has 2 aromatic carbocycles. The van der Waals surface area contributed by atoms with Gasteiger partial charge in [0.05, 0.1) is 0 Å². The van der Waals surface area contributed by atoms with E-state index in [9.17, 15) is 4.79 Å². The van der Waals surface area contributed by atoms with E-state index in [-0.39, 0.29) is 41.9 Å². The summed E-state index contributed by atoms with van der Waals surface area (Å²) >= 11 is 0. The van der Waals surface area contributed by atoms with Gasteiger partial charge < -0.3 is 20.3 Å². The van der Waals surface area contributed by atoms with E-state index in [0.29, 0.717) is 12.3 Å². The van der Waals surface area contributed by atoms with Gasteiger partial charge in [-0.05, 0) is 36.1 Å². The average Bonchev–Trinajstić information content (AvgIpc) is 2.74. The molecule has 6 nitrogen and oxygen atoms in total. The van der Waals surface area contributed by atoms with Gasteiger partial charge in [-0.1, -0.05) is 48.9 Å². The molecule has 0 atom stereocenters. The van der Waals surface area contributed by atoms with Crippen LogP contribution in [-0.4, -0.2) is 51.1 Å². The number of amides is 1. The van der Waals surface area contributed by atoms with Crippen LogP contribution in [0.4, 0.5) is 0 Å². The number of hydrogen-bond acceptors (Lipinski definition) is 3. The van der Waals surface area contributed by atoms with E-state index in [2.05, 4.69) is 46.0 Å². The standard InChI is InChI=1S/C24H32N4O2.HI/c1-25-23(27-18-24(13-8-14-24)20-10-5-4-6-11-20)26-16-19-9-7-12-21(15-19)30-17-22(29)28(2)3;/h4-7,9-12,15H,8,13-14,16-18H2,1-3H3,(H2,25,26,27);1H. The molecule has 1 saturated carbocycles. The number of likely N-dealkylation sites (N-methyl/N-ethyl adjacent to an activating group) is 1. The van der Waals surface area contributed by atoms with Crippen LogP contribution in [-0.2, 0) is 16.8 Å². The number of ether oxygens (including phenoxy) is 1. The highest BCUT2D eigenvalue weighted by Crippen LogP contribution is 2.43. The Morgan fingerprint density at radius 3 is 2.45 bits per heavy atom. The van der Waals surface area contributed by atoms with Gasteiger partial charge in [0, 0.05) is 39.6 Å². The first-order valence-corrected chi connectivity index (χ1v) is 10.4. The number of nitrogens with zero attached hydrogens (tertiary/aromatic N) is 2. The van der Waals surface area contributed by atoms with Gasteiger partial charge in [0.25, 0.3) is 5.91 Å². The highest BCUT2D eigenvalue weighted by atomic mass is 127. The van der Waals surface area contributed by atoms with Gasteiger partial charge in [-0.2, -0.15) is 0 Å². The highest BCUT2D eigenvalue weighted by molar-refractivity contribution is 14.0. The second-order valence-electron chi connectivity index (χ2n) is 8.00. The minimum atomic E-state index is -0.0635. The predicted octanol–water partition coefficient (Wildman–Crippen LogP) is 3.56. The number of halogens is 1. The van der Waals surface area contributed by atoms with E-state index in [1.807, 2.05) is 24.3 Å². The fourth-order valence-electron chi connectivity index (χ4n) is 3.64. The van der Waals surface area contributed by atoms with Crippen LogP contribution in [0.15, 0.2) is 59.6 Å². The molecule has 0 spiro atoms. The van der Waals surface area contributed by atoms with Gasteiger partial charge in [0.1, 0.15) is 5.75 Å². The Hall–Kier alpha value is -2.29. The lowest BCUT2D eigenvalue weighted by Crippen LogP contribution is -2.48. The fraction of sp³-hybridized carbons (Fsp3) is 0.417. The molecule has 3 rings (SSSR count). The molecule has 1 aliphatic carbocycles. The van der Waals surface area contributed by atoms with Crippen LogP contribution in [0.5, 0.6) is 5.75 Å². The van der Waals surface area contributed by atoms with Crippen LogP contribution in [0.3, 0.4) is 0 Å². The Balaban J connectivity index is 0.00000341. The molecule has 7 heteroatoms. The molecule has 1 aliphatic rings. The van der Waals surface area contributed by atoms with Crippen LogP contribution in [0.2, 0.25) is 0 Å². The lowest BCUT2D eigenvalue weighted by Gasteiger charge is -2.43. The predicted molar refractivity (Wildman–Crippen MR) is 136 cm³/mol. The molecule has 0 aromatic heterocycles. The summed E-state index contributed by atoms with van der Waals surface area (Å²) in [6.45, 7) is 1.53. The molecule has 1 fully saturated rings. The molecule has 0 radical (unpaired) electrons. The van der Waals surface area contributed by atoms with Crippen molar-refractivity contribution in [1.82, 2.24) is 15.5 Å². The topological polar surface area (TPSA) is 66.0 Å². The number of benzene rings is 2. The van der Waals surface area contributed by atoms with Crippen molar-refractivity contribution in [2.75, 3.05) is 34.3 Å². The summed E-state index contributed by atoms with van der Waals surface area (Å²) in [5.41, 5.74) is 2.66. The maximum absolute atomic E-state index is 11.7. The van der Waals surface area contributed by atoms with Crippen LogP contribution in [0.1, 0.15) is 30.4 Å². The normalized spacial score (nSPS) is 14.6. The van der Waals surface area contributed by atoms with Crippen LogP contribution in [0.25, 0.3) is 0 Å². The molecule has 0 bridgehead atoms. The summed E-state index contributed by atoms with van der Waals surface area (Å²) in [4.78, 5) is 17.6. The summed E-state index contributed by atoms with van der Waals surface area (Å²) in [5, 5.41) is 6.88. The summed E-state index contributed by atoms with van der Waals surface area (Å²) < 4.78 is 5.60. The molecule has 0 heterocycles. The fourth-order valence-corrected chi connectivity index (χ4v) is 3.64. The Labute approximate surface area is 202 Å². The van der Waals surface area contributed by atoms with E-state index >= 15 is 0 Å². The van der Waals surface area contributed by atoms with Crippen molar-refractivity contribution >= 4 is 35.8 Å². The first kappa shape index (κ1) is 25.0. The summed E-state index contributed by atoms with van der Waals surface area (Å²) in [7, 11) is 5.23. The monoisotopic (exact) mass is 536 g/mol. The van der Waals surface area contributed by atoms with Crippen LogP contribution in [0, 0.1) is 0 Å². The number of carbonyl (C=O) groups excluding carboxylic acids is 1. The maximum Gasteiger partial charge on any atom is 0.259 e. The van der Waals surface area contributed by atoms with Crippen molar-refractivity contribution in [1.29, 1.82) is 0 Å². The number of aliphatic imine (C=N–C) groups is 1. The Morgan fingerprint density at radius 1 is 1.10 bits per heavy atom. The summed E-state index contributed by atoms with van der Waals surface area (Å²) in [5.74, 6) is 1.41. The quantitative estimate of drug-likeness (QED) is 0.308. The van der Waals surface area contributed by atoms with Crippen LogP contribution < -0.4 is 15.4 Å². The molecular weight excluding hydrogens is 503 g/mol. The molecule has 0 unspecified atom stereocenters. The van der Waals surface area contributed by atoms with Gasteiger partial charge in [0.2, 0.25) is 0 Å². The summed E-state index contributed by atoms with van der Waals surface area (Å²) in [6.07, 6.45) is 3.67. The van der Waals surface area contributed by atoms with Crippen LogP contribution >= 0.6 is 24.0 Å². The van der Waals surface area contributed by atoms with E-state index < -0.39 is 0 Å². The number of nitrogens with one attached hydrogen (secondary N) is 2. The average molecular weight is 536 g/mol. The van der Waals surface area contributed by atoms with Crippen molar-refractivity contribution in [2.24, 2.45) is 4.99 Å². The highest BCUT2D eigenvalue weighted by Gasteiger charge is 2.38. The molecule has 0 saturated heterocycles. The Morgan fingerprint density at radius 2 is 1.84 bits per heavy atom. The number of rotatable bonds is 8. The third kappa shape index (κ3) is 6.85. The zero-order chi connectivity index (χ0) is 21.4. The Kier molecular flexibility index (Phi) is 9.61. The molecule has 0 aliphatic heterocycles. The number of hydrogen-bond donors (Lipinski definition) is 2. The van der Waals surface area contributed by atoms with E-state index in [1.165, 1.54) is 29.7 Å². The lowest BCUT2D eigenvalue weighted by atomic mass is 9.64. The molecule has 31 heavy (non-hydrogen) atoms. The first-order valence-electron chi connectivity index (χ1n) is 10.4. The molecule has 1 amide bonds. The second kappa shape index (κ2) is 11.9. The van der Waals surface area contributed by atoms with Gasteiger partial charge >= 0.3 is 0 Å². The van der Waals surface area contributed by atoms with Gasteiger partial charge in [-0.3, -0.25) is 9.79 Å². The molecule has 2 N–H and O–H groups in total. The Bertz CT molecular complexity index is 867. The van der Waals surface area contributed by atoms with Crippen molar-refractivity contribution < 1.29 is 9.53 Å². The summed E-state index contributed by atoms with van der Waals surface area (Å²) in [6, 6.07) is 18.5. The van der Waals surface area contributed by atoms with E-state index in [1.54, 1.807) is 21.1 Å². The minimum absolute atomic E-state index is 0.